The monoisotopic (exact) mass is 310 g/mol. The fourth-order valence-electron chi connectivity index (χ4n) is 1.73. The number of carbonyl (C=O) groups excluding carboxylic acids is 1. The van der Waals surface area contributed by atoms with Crippen LogP contribution in [0.3, 0.4) is 0 Å². The molecule has 0 fully saturated rings. The summed E-state index contributed by atoms with van der Waals surface area (Å²) in [6, 6.07) is 7.19. The Hall–Kier alpha value is -1.60. The standard InChI is InChI=1S/C13H14N2O3S2/c1-17-13(16)9-4-3-5-11(20-2)10(9)8-18-12-6-7-15(19)14-12/h3-7,19H,8H2,1-2H3. The van der Waals surface area contributed by atoms with Gasteiger partial charge in [-0.2, -0.15) is 0 Å². The summed E-state index contributed by atoms with van der Waals surface area (Å²) < 4.78 is 11.7. The number of esters is 1. The molecule has 0 spiro atoms. The third kappa shape index (κ3) is 3.29. The maximum absolute atomic E-state index is 11.8. The van der Waals surface area contributed by atoms with Crippen molar-refractivity contribution in [1.82, 2.24) is 9.19 Å². The van der Waals surface area contributed by atoms with E-state index in [1.165, 1.54) is 11.2 Å². The third-order valence-electron chi connectivity index (χ3n) is 2.67. The zero-order chi connectivity index (χ0) is 14.5. The van der Waals surface area contributed by atoms with Crippen LogP contribution < -0.4 is 4.74 Å². The lowest BCUT2D eigenvalue weighted by Crippen LogP contribution is -2.09. The predicted octanol–water partition coefficient (Wildman–Crippen LogP) is 2.66. The Labute approximate surface area is 126 Å². The van der Waals surface area contributed by atoms with Gasteiger partial charge in [0.05, 0.1) is 12.7 Å². The number of benzene rings is 1. The first kappa shape index (κ1) is 14.8. The summed E-state index contributed by atoms with van der Waals surface area (Å²) in [5.74, 6) is 0.0750. The molecule has 5 nitrogen and oxygen atoms in total. The molecule has 1 aromatic carbocycles. The van der Waals surface area contributed by atoms with Gasteiger partial charge in [-0.05, 0) is 31.2 Å². The summed E-state index contributed by atoms with van der Waals surface area (Å²) in [6.07, 6.45) is 3.61. The van der Waals surface area contributed by atoms with Crippen LogP contribution in [0.15, 0.2) is 35.4 Å². The Kier molecular flexibility index (Phi) is 4.97. The lowest BCUT2D eigenvalue weighted by molar-refractivity contribution is 0.0597. The average Bonchev–Trinajstić information content (AvgIpc) is 2.89. The molecule has 2 aromatic rings. The van der Waals surface area contributed by atoms with E-state index in [9.17, 15) is 4.79 Å². The molecule has 0 radical (unpaired) electrons. The van der Waals surface area contributed by atoms with Crippen molar-refractivity contribution < 1.29 is 14.3 Å². The molecule has 1 heterocycles. The molecule has 20 heavy (non-hydrogen) atoms. The SMILES string of the molecule is COC(=O)c1cccc(SC)c1COc1ccn(S)n1. The van der Waals surface area contributed by atoms with Crippen LogP contribution in [0, 0.1) is 0 Å². The van der Waals surface area contributed by atoms with E-state index in [0.29, 0.717) is 11.4 Å². The molecule has 0 saturated carbocycles. The van der Waals surface area contributed by atoms with Crippen molar-refractivity contribution in [2.75, 3.05) is 13.4 Å². The van der Waals surface area contributed by atoms with E-state index < -0.39 is 0 Å². The van der Waals surface area contributed by atoms with Crippen molar-refractivity contribution in [3.05, 3.63) is 41.6 Å². The van der Waals surface area contributed by atoms with Crippen LogP contribution in [0.5, 0.6) is 5.88 Å². The summed E-state index contributed by atoms with van der Waals surface area (Å²) in [4.78, 5) is 12.8. The van der Waals surface area contributed by atoms with Crippen LogP contribution in [0.2, 0.25) is 0 Å². The zero-order valence-corrected chi connectivity index (χ0v) is 12.8. The van der Waals surface area contributed by atoms with Gasteiger partial charge in [-0.25, -0.2) is 8.88 Å². The summed E-state index contributed by atoms with van der Waals surface area (Å²) >= 11 is 5.59. The van der Waals surface area contributed by atoms with Crippen molar-refractivity contribution >= 4 is 30.5 Å². The van der Waals surface area contributed by atoms with Crippen molar-refractivity contribution in [3.63, 3.8) is 0 Å². The van der Waals surface area contributed by atoms with E-state index in [2.05, 4.69) is 17.9 Å². The molecule has 0 atom stereocenters. The van der Waals surface area contributed by atoms with Crippen molar-refractivity contribution in [2.24, 2.45) is 0 Å². The molecule has 7 heteroatoms. The minimum Gasteiger partial charge on any atom is -0.472 e. The molecule has 1 aromatic heterocycles. The van der Waals surface area contributed by atoms with Gasteiger partial charge in [-0.3, -0.25) is 0 Å². The molecule has 0 N–H and O–H groups in total. The summed E-state index contributed by atoms with van der Waals surface area (Å²) in [6.45, 7) is 0.242. The maximum Gasteiger partial charge on any atom is 0.338 e. The molecule has 0 amide bonds. The molecule has 0 unspecified atom stereocenters. The first-order chi connectivity index (χ1) is 9.65. The van der Waals surface area contributed by atoms with Crippen molar-refractivity contribution in [2.45, 2.75) is 11.5 Å². The predicted molar refractivity (Wildman–Crippen MR) is 80.5 cm³/mol. The Balaban J connectivity index is 2.26. The summed E-state index contributed by atoms with van der Waals surface area (Å²) in [7, 11) is 1.36. The van der Waals surface area contributed by atoms with E-state index in [1.807, 2.05) is 18.4 Å². The van der Waals surface area contributed by atoms with Crippen molar-refractivity contribution in [3.8, 4) is 5.88 Å². The first-order valence-corrected chi connectivity index (χ1v) is 7.40. The van der Waals surface area contributed by atoms with Crippen LogP contribution >= 0.6 is 24.6 Å². The van der Waals surface area contributed by atoms with Crippen LogP contribution in [0.1, 0.15) is 15.9 Å². The average molecular weight is 310 g/mol. The molecule has 0 aliphatic rings. The maximum atomic E-state index is 11.8. The van der Waals surface area contributed by atoms with Crippen LogP contribution in [-0.2, 0) is 11.3 Å². The second-order valence-electron chi connectivity index (χ2n) is 3.84. The number of methoxy groups -OCH3 is 1. The quantitative estimate of drug-likeness (QED) is 0.523. The molecule has 0 bridgehead atoms. The highest BCUT2D eigenvalue weighted by Crippen LogP contribution is 2.25. The highest BCUT2D eigenvalue weighted by molar-refractivity contribution is 7.98. The van der Waals surface area contributed by atoms with Gasteiger partial charge in [-0.15, -0.1) is 16.9 Å². The van der Waals surface area contributed by atoms with Crippen LogP contribution in [0.25, 0.3) is 0 Å². The molecular weight excluding hydrogens is 296 g/mol. The van der Waals surface area contributed by atoms with Crippen LogP contribution in [-0.4, -0.2) is 28.5 Å². The normalized spacial score (nSPS) is 10.3. The highest BCUT2D eigenvalue weighted by atomic mass is 32.2. The summed E-state index contributed by atoms with van der Waals surface area (Å²) in [5.41, 5.74) is 1.30. The fraction of sp³-hybridized carbons (Fsp3) is 0.231. The second-order valence-corrected chi connectivity index (χ2v) is 5.10. The van der Waals surface area contributed by atoms with E-state index in [0.717, 1.165) is 10.5 Å². The minimum absolute atomic E-state index is 0.242. The number of carbonyl (C=O) groups is 1. The Morgan fingerprint density at radius 1 is 1.45 bits per heavy atom. The Bertz CT molecular complexity index is 613. The van der Waals surface area contributed by atoms with Gasteiger partial charge >= 0.3 is 5.97 Å². The van der Waals surface area contributed by atoms with Gasteiger partial charge < -0.3 is 9.47 Å². The van der Waals surface area contributed by atoms with Gasteiger partial charge in [0, 0.05) is 22.7 Å². The van der Waals surface area contributed by atoms with Crippen molar-refractivity contribution in [1.29, 1.82) is 0 Å². The summed E-state index contributed by atoms with van der Waals surface area (Å²) in [5, 5.41) is 4.01. The van der Waals surface area contributed by atoms with E-state index in [4.69, 9.17) is 9.47 Å². The number of aromatic nitrogens is 2. The number of rotatable bonds is 5. The number of thiol groups is 1. The smallest absolute Gasteiger partial charge is 0.338 e. The Morgan fingerprint density at radius 2 is 2.25 bits per heavy atom. The zero-order valence-electron chi connectivity index (χ0n) is 11.1. The van der Waals surface area contributed by atoms with E-state index in [1.54, 1.807) is 30.1 Å². The number of ether oxygens (including phenoxy) is 2. The molecule has 0 aliphatic heterocycles. The van der Waals surface area contributed by atoms with Crippen LogP contribution in [0.4, 0.5) is 0 Å². The molecule has 0 saturated heterocycles. The van der Waals surface area contributed by atoms with Gasteiger partial charge in [0.15, 0.2) is 0 Å². The third-order valence-corrected chi connectivity index (χ3v) is 3.72. The largest absolute Gasteiger partial charge is 0.472 e. The Morgan fingerprint density at radius 3 is 2.85 bits per heavy atom. The topological polar surface area (TPSA) is 53.4 Å². The molecular formula is C13H14N2O3S2. The molecule has 106 valence electrons. The number of nitrogens with zero attached hydrogens (tertiary/aromatic N) is 2. The number of thioether (sulfide) groups is 1. The first-order valence-electron chi connectivity index (χ1n) is 5.77. The number of hydrogen-bond donors (Lipinski definition) is 1. The van der Waals surface area contributed by atoms with Gasteiger partial charge in [0.25, 0.3) is 0 Å². The van der Waals surface area contributed by atoms with Gasteiger partial charge in [0.1, 0.15) is 6.61 Å². The lowest BCUT2D eigenvalue weighted by atomic mass is 10.1. The highest BCUT2D eigenvalue weighted by Gasteiger charge is 2.16. The lowest BCUT2D eigenvalue weighted by Gasteiger charge is -2.12. The molecule has 2 rings (SSSR count). The van der Waals surface area contributed by atoms with E-state index >= 15 is 0 Å². The number of hydrogen-bond acceptors (Lipinski definition) is 6. The second kappa shape index (κ2) is 6.71. The van der Waals surface area contributed by atoms with Gasteiger partial charge in [0.2, 0.25) is 5.88 Å². The van der Waals surface area contributed by atoms with E-state index in [-0.39, 0.29) is 12.6 Å². The molecule has 0 aliphatic carbocycles. The minimum atomic E-state index is -0.376. The fourth-order valence-corrected chi connectivity index (χ4v) is 2.51. The van der Waals surface area contributed by atoms with Gasteiger partial charge in [-0.1, -0.05) is 6.07 Å².